The Bertz CT molecular complexity index is 490. The number of amides is 1. The number of rotatable bonds is 7. The van der Waals surface area contributed by atoms with Gasteiger partial charge in [-0.1, -0.05) is 11.3 Å². The smallest absolute Gasteiger partial charge is 0.307 e. The minimum absolute atomic E-state index is 0.0144. The Morgan fingerprint density at radius 1 is 1.63 bits per heavy atom. The van der Waals surface area contributed by atoms with Crippen molar-refractivity contribution < 1.29 is 9.90 Å². The van der Waals surface area contributed by atoms with Crippen molar-refractivity contribution in [3.63, 3.8) is 0 Å². The average Bonchev–Trinajstić information content (AvgIpc) is 3.15. The van der Waals surface area contributed by atoms with Crippen LogP contribution < -0.4 is 10.2 Å². The van der Waals surface area contributed by atoms with Gasteiger partial charge in [-0.25, -0.2) is 0 Å². The second kappa shape index (κ2) is 6.34. The van der Waals surface area contributed by atoms with Crippen molar-refractivity contribution in [2.45, 2.75) is 45.2 Å². The molecule has 5 nitrogen and oxygen atoms in total. The lowest BCUT2D eigenvalue weighted by Crippen LogP contribution is -2.37. The van der Waals surface area contributed by atoms with Gasteiger partial charge in [0, 0.05) is 36.7 Å². The van der Waals surface area contributed by atoms with Crippen LogP contribution in [0, 0.1) is 12.8 Å². The van der Waals surface area contributed by atoms with Gasteiger partial charge in [-0.05, 0) is 32.1 Å². The van der Waals surface area contributed by atoms with Crippen molar-refractivity contribution in [3.8, 4) is 0 Å². The molecule has 1 atom stereocenters. The van der Waals surface area contributed by atoms with Crippen molar-refractivity contribution in [2.24, 2.45) is 5.92 Å². The summed E-state index contributed by atoms with van der Waals surface area (Å²) in [7, 11) is 0. The van der Waals surface area contributed by atoms with Gasteiger partial charge in [0.05, 0.1) is 0 Å². The second-order valence-corrected chi connectivity index (χ2v) is 5.89. The zero-order valence-corrected chi connectivity index (χ0v) is 11.9. The lowest BCUT2D eigenvalue weighted by Gasteiger charge is -2.17. The average molecular weight is 284 g/mol. The van der Waals surface area contributed by atoms with Gasteiger partial charge in [-0.15, -0.1) is 0 Å². The Morgan fingerprint density at radius 3 is 2.89 bits per heavy atom. The predicted octanol–water partition coefficient (Wildman–Crippen LogP) is 0.886. The van der Waals surface area contributed by atoms with Crippen LogP contribution in [-0.2, 0) is 11.3 Å². The van der Waals surface area contributed by atoms with E-state index >= 15 is 0 Å². The first kappa shape index (κ1) is 14.3. The molecule has 2 N–H and O–H groups in total. The Morgan fingerprint density at radius 2 is 2.37 bits per heavy atom. The van der Waals surface area contributed by atoms with Crippen molar-refractivity contribution in [3.05, 3.63) is 20.7 Å². The number of carbonyl (C=O) groups excluding carboxylic acids is 1. The molecule has 1 aromatic rings. The molecule has 1 amide bonds. The maximum Gasteiger partial charge on any atom is 0.307 e. The molecular formula is C13H20N2O3S. The Kier molecular flexibility index (Phi) is 4.76. The maximum absolute atomic E-state index is 11.9. The molecule has 19 heavy (non-hydrogen) atoms. The fourth-order valence-corrected chi connectivity index (χ4v) is 2.99. The van der Waals surface area contributed by atoms with E-state index in [1.807, 2.05) is 6.92 Å². The number of thiazole rings is 1. The fourth-order valence-electron chi connectivity index (χ4n) is 2.23. The molecular weight excluding hydrogens is 264 g/mol. The van der Waals surface area contributed by atoms with E-state index in [0.717, 1.165) is 29.9 Å². The normalized spacial score (nSPS) is 16.3. The third kappa shape index (κ3) is 3.91. The highest BCUT2D eigenvalue weighted by atomic mass is 32.1. The van der Waals surface area contributed by atoms with Crippen LogP contribution in [0.3, 0.4) is 0 Å². The van der Waals surface area contributed by atoms with E-state index in [2.05, 4.69) is 5.32 Å². The van der Waals surface area contributed by atoms with Crippen LogP contribution in [0.4, 0.5) is 0 Å². The lowest BCUT2D eigenvalue weighted by molar-refractivity contribution is -0.122. The summed E-state index contributed by atoms with van der Waals surface area (Å²) in [6.07, 6.45) is 3.20. The summed E-state index contributed by atoms with van der Waals surface area (Å²) >= 11 is 1.16. The standard InChI is InChI=1S/C13H20N2O3S/c1-9-8-19-13(18)15(9)6-4-12(17)14-11(5-7-16)10-2-3-10/h8,10-11,16H,2-7H2,1H3,(H,14,17). The van der Waals surface area contributed by atoms with E-state index in [4.69, 9.17) is 5.11 Å². The quantitative estimate of drug-likeness (QED) is 0.781. The highest BCUT2D eigenvalue weighted by molar-refractivity contribution is 7.07. The van der Waals surface area contributed by atoms with E-state index in [0.29, 0.717) is 25.3 Å². The van der Waals surface area contributed by atoms with Gasteiger partial charge in [-0.2, -0.15) is 0 Å². The molecule has 0 spiro atoms. The van der Waals surface area contributed by atoms with Gasteiger partial charge in [0.25, 0.3) is 0 Å². The zero-order chi connectivity index (χ0) is 13.8. The largest absolute Gasteiger partial charge is 0.396 e. The van der Waals surface area contributed by atoms with Crippen LogP contribution in [0.25, 0.3) is 0 Å². The molecule has 1 fully saturated rings. The Balaban J connectivity index is 1.82. The van der Waals surface area contributed by atoms with Crippen LogP contribution in [0.15, 0.2) is 10.2 Å². The van der Waals surface area contributed by atoms with Crippen LogP contribution >= 0.6 is 11.3 Å². The lowest BCUT2D eigenvalue weighted by atomic mass is 10.1. The number of aliphatic hydroxyl groups is 1. The number of aliphatic hydroxyl groups excluding tert-OH is 1. The Labute approximate surface area is 116 Å². The number of hydrogen-bond donors (Lipinski definition) is 2. The number of carbonyl (C=O) groups is 1. The van der Waals surface area contributed by atoms with E-state index in [-0.39, 0.29) is 23.4 Å². The number of aryl methyl sites for hydroxylation is 1. The Hall–Kier alpha value is -1.14. The van der Waals surface area contributed by atoms with Crippen molar-refractivity contribution >= 4 is 17.2 Å². The minimum atomic E-state index is -0.0390. The fraction of sp³-hybridized carbons (Fsp3) is 0.692. The first-order valence-corrected chi connectivity index (χ1v) is 7.55. The number of nitrogens with one attached hydrogen (secondary N) is 1. The number of aromatic nitrogens is 1. The van der Waals surface area contributed by atoms with E-state index in [9.17, 15) is 9.59 Å². The van der Waals surface area contributed by atoms with Gasteiger partial charge in [0.15, 0.2) is 0 Å². The van der Waals surface area contributed by atoms with Crippen LogP contribution in [-0.4, -0.2) is 28.2 Å². The molecule has 1 aliphatic carbocycles. The molecule has 1 saturated carbocycles. The van der Waals surface area contributed by atoms with Gasteiger partial charge in [0.2, 0.25) is 5.91 Å². The SMILES string of the molecule is Cc1csc(=O)n1CCC(=O)NC(CCO)C1CC1. The van der Waals surface area contributed by atoms with Crippen molar-refractivity contribution in [1.82, 2.24) is 9.88 Å². The van der Waals surface area contributed by atoms with Crippen LogP contribution in [0.5, 0.6) is 0 Å². The first-order chi connectivity index (χ1) is 9.11. The van der Waals surface area contributed by atoms with E-state index < -0.39 is 0 Å². The number of nitrogens with zero attached hydrogens (tertiary/aromatic N) is 1. The van der Waals surface area contributed by atoms with Gasteiger partial charge < -0.3 is 15.0 Å². The van der Waals surface area contributed by atoms with Crippen LogP contribution in [0.1, 0.15) is 31.4 Å². The van der Waals surface area contributed by atoms with Gasteiger partial charge in [-0.3, -0.25) is 9.59 Å². The number of hydrogen-bond acceptors (Lipinski definition) is 4. The molecule has 1 unspecified atom stereocenters. The minimum Gasteiger partial charge on any atom is -0.396 e. The summed E-state index contributed by atoms with van der Waals surface area (Å²) in [5, 5.41) is 13.8. The molecule has 0 bridgehead atoms. The van der Waals surface area contributed by atoms with E-state index in [1.54, 1.807) is 9.95 Å². The summed E-state index contributed by atoms with van der Waals surface area (Å²) < 4.78 is 1.63. The molecule has 2 rings (SSSR count). The molecule has 1 aromatic heterocycles. The van der Waals surface area contributed by atoms with Crippen molar-refractivity contribution in [1.29, 1.82) is 0 Å². The summed E-state index contributed by atoms with van der Waals surface area (Å²) in [6, 6.07) is 0.0952. The topological polar surface area (TPSA) is 71.3 Å². The molecule has 106 valence electrons. The molecule has 0 radical (unpaired) electrons. The van der Waals surface area contributed by atoms with Crippen LogP contribution in [0.2, 0.25) is 0 Å². The monoisotopic (exact) mass is 284 g/mol. The third-order valence-corrected chi connectivity index (χ3v) is 4.40. The molecule has 1 aliphatic rings. The molecule has 0 aliphatic heterocycles. The molecule has 1 heterocycles. The highest BCUT2D eigenvalue weighted by Crippen LogP contribution is 2.33. The zero-order valence-electron chi connectivity index (χ0n) is 11.1. The summed E-state index contributed by atoms with van der Waals surface area (Å²) in [6.45, 7) is 2.40. The molecule has 6 heteroatoms. The highest BCUT2D eigenvalue weighted by Gasteiger charge is 2.31. The van der Waals surface area contributed by atoms with Gasteiger partial charge in [0.1, 0.15) is 0 Å². The summed E-state index contributed by atoms with van der Waals surface area (Å²) in [4.78, 5) is 23.4. The predicted molar refractivity (Wildman–Crippen MR) is 74.3 cm³/mol. The van der Waals surface area contributed by atoms with E-state index in [1.165, 1.54) is 0 Å². The first-order valence-electron chi connectivity index (χ1n) is 6.67. The van der Waals surface area contributed by atoms with Gasteiger partial charge >= 0.3 is 4.87 Å². The summed E-state index contributed by atoms with van der Waals surface area (Å²) in [5.74, 6) is 0.490. The second-order valence-electron chi connectivity index (χ2n) is 5.07. The molecule has 0 aromatic carbocycles. The third-order valence-electron chi connectivity index (χ3n) is 3.52. The molecule has 0 saturated heterocycles. The maximum atomic E-state index is 11.9. The van der Waals surface area contributed by atoms with Crippen molar-refractivity contribution in [2.75, 3.05) is 6.61 Å². The summed E-state index contributed by atoms with van der Waals surface area (Å²) in [5.41, 5.74) is 0.900.